The quantitative estimate of drug-likeness (QED) is 0.191. The third kappa shape index (κ3) is 3.75. The molecule has 1 aromatic heterocycles. The molecule has 0 saturated heterocycles. The summed E-state index contributed by atoms with van der Waals surface area (Å²) in [5.74, 6) is 0. The van der Waals surface area contributed by atoms with Gasteiger partial charge in [0.25, 0.3) is 0 Å². The first kappa shape index (κ1) is 26.1. The van der Waals surface area contributed by atoms with Crippen molar-refractivity contribution in [1.82, 2.24) is 4.57 Å². The molecule has 0 fully saturated rings. The van der Waals surface area contributed by atoms with E-state index in [0.717, 1.165) is 38.1 Å². The van der Waals surface area contributed by atoms with Crippen LogP contribution in [0.25, 0.3) is 49.7 Å². The number of halogens is 1. The van der Waals surface area contributed by atoms with Gasteiger partial charge < -0.3 is 4.57 Å². The van der Waals surface area contributed by atoms with Crippen LogP contribution >= 0.6 is 11.6 Å². The summed E-state index contributed by atoms with van der Waals surface area (Å²) in [6.45, 7) is 0. The van der Waals surface area contributed by atoms with Crippen LogP contribution in [0.5, 0.6) is 0 Å². The third-order valence-electron chi connectivity index (χ3n) is 9.53. The van der Waals surface area contributed by atoms with Crippen molar-refractivity contribution in [2.45, 2.75) is 5.41 Å². The van der Waals surface area contributed by atoms with Crippen molar-refractivity contribution in [1.29, 1.82) is 0 Å². The Morgan fingerprint density at radius 3 is 1.78 bits per heavy atom. The van der Waals surface area contributed by atoms with Gasteiger partial charge in [-0.3, -0.25) is 0 Å². The summed E-state index contributed by atoms with van der Waals surface area (Å²) in [4.78, 5) is 0. The summed E-state index contributed by atoms with van der Waals surface area (Å²) < 4.78 is 2.36. The van der Waals surface area contributed by atoms with Gasteiger partial charge in [-0.15, -0.1) is 0 Å². The van der Waals surface area contributed by atoms with Crippen molar-refractivity contribution in [3.63, 3.8) is 0 Å². The molecule has 0 spiro atoms. The number of nitrogens with zero attached hydrogens (tertiary/aromatic N) is 1. The van der Waals surface area contributed by atoms with Gasteiger partial charge in [0, 0.05) is 16.5 Å². The molecule has 7 aromatic carbocycles. The molecular weight excluding hydrogens is 566 g/mol. The fourth-order valence-electron chi connectivity index (χ4n) is 7.70. The Morgan fingerprint density at radius 1 is 0.444 bits per heavy atom. The number of hydrogen-bond acceptors (Lipinski definition) is 0. The highest BCUT2D eigenvalue weighted by atomic mass is 35.5. The number of hydrogen-bond donors (Lipinski definition) is 0. The Labute approximate surface area is 267 Å². The molecular formula is C43H28ClN. The second kappa shape index (κ2) is 10.1. The number of fused-ring (bicyclic) bond motifs is 6. The molecule has 0 unspecified atom stereocenters. The van der Waals surface area contributed by atoms with Crippen molar-refractivity contribution in [3.05, 3.63) is 197 Å². The number of benzene rings is 7. The summed E-state index contributed by atoms with van der Waals surface area (Å²) in [5, 5.41) is 2.99. The van der Waals surface area contributed by atoms with Crippen LogP contribution in [0.15, 0.2) is 170 Å². The first-order chi connectivity index (χ1) is 22.2. The van der Waals surface area contributed by atoms with Crippen LogP contribution in [0.3, 0.4) is 0 Å². The first-order valence-corrected chi connectivity index (χ1v) is 15.8. The normalized spacial score (nSPS) is 13.2. The lowest BCUT2D eigenvalue weighted by atomic mass is 9.67. The maximum Gasteiger partial charge on any atom is 0.0715 e. The Kier molecular flexibility index (Phi) is 5.84. The van der Waals surface area contributed by atoms with Crippen molar-refractivity contribution < 1.29 is 0 Å². The average Bonchev–Trinajstić information content (AvgIpc) is 3.60. The first-order valence-electron chi connectivity index (χ1n) is 15.4. The molecule has 45 heavy (non-hydrogen) atoms. The lowest BCUT2D eigenvalue weighted by molar-refractivity contribution is 0.770. The molecule has 1 nitrogen and oxygen atoms in total. The summed E-state index contributed by atoms with van der Waals surface area (Å²) >= 11 is 7.44. The molecule has 212 valence electrons. The van der Waals surface area contributed by atoms with Gasteiger partial charge in [0.1, 0.15) is 0 Å². The molecule has 0 bridgehead atoms. The van der Waals surface area contributed by atoms with Gasteiger partial charge in [0.2, 0.25) is 0 Å². The minimum absolute atomic E-state index is 0.576. The smallest absolute Gasteiger partial charge is 0.0715 e. The van der Waals surface area contributed by atoms with E-state index in [9.17, 15) is 0 Å². The van der Waals surface area contributed by atoms with Crippen molar-refractivity contribution in [2.75, 3.05) is 0 Å². The Balaban J connectivity index is 1.44. The molecule has 0 amide bonds. The topological polar surface area (TPSA) is 4.93 Å². The summed E-state index contributed by atoms with van der Waals surface area (Å²) in [6, 6.07) is 61.3. The van der Waals surface area contributed by atoms with Crippen LogP contribution < -0.4 is 0 Å². The fourth-order valence-corrected chi connectivity index (χ4v) is 8.02. The van der Waals surface area contributed by atoms with Gasteiger partial charge in [0.05, 0.1) is 21.5 Å². The minimum Gasteiger partial charge on any atom is -0.309 e. The zero-order valence-corrected chi connectivity index (χ0v) is 25.2. The van der Waals surface area contributed by atoms with E-state index in [-0.39, 0.29) is 0 Å². The predicted octanol–water partition coefficient (Wildman–Crippen LogP) is 11.5. The number of para-hydroxylation sites is 2. The minimum atomic E-state index is -0.576. The summed E-state index contributed by atoms with van der Waals surface area (Å²) in [5.41, 5.74) is 12.6. The lowest BCUT2D eigenvalue weighted by Gasteiger charge is -2.34. The summed E-state index contributed by atoms with van der Waals surface area (Å²) in [6.07, 6.45) is 0. The van der Waals surface area contributed by atoms with Gasteiger partial charge in [-0.1, -0.05) is 145 Å². The van der Waals surface area contributed by atoms with Crippen LogP contribution in [-0.4, -0.2) is 4.57 Å². The molecule has 1 heterocycles. The average molecular weight is 594 g/mol. The molecule has 1 aliphatic carbocycles. The molecule has 0 aliphatic heterocycles. The van der Waals surface area contributed by atoms with E-state index >= 15 is 0 Å². The maximum absolute atomic E-state index is 7.44. The highest BCUT2D eigenvalue weighted by molar-refractivity contribution is 6.38. The molecule has 0 radical (unpaired) electrons. The van der Waals surface area contributed by atoms with Gasteiger partial charge in [0.15, 0.2) is 0 Å². The molecule has 1 aliphatic rings. The van der Waals surface area contributed by atoms with Crippen LogP contribution in [0.4, 0.5) is 0 Å². The highest BCUT2D eigenvalue weighted by Crippen LogP contribution is 2.57. The summed E-state index contributed by atoms with van der Waals surface area (Å²) in [7, 11) is 0. The largest absolute Gasteiger partial charge is 0.309 e. The van der Waals surface area contributed by atoms with Crippen LogP contribution in [-0.2, 0) is 5.41 Å². The van der Waals surface area contributed by atoms with Crippen LogP contribution in [0.1, 0.15) is 22.3 Å². The van der Waals surface area contributed by atoms with E-state index in [1.54, 1.807) is 0 Å². The molecule has 0 atom stereocenters. The van der Waals surface area contributed by atoms with E-state index in [2.05, 4.69) is 174 Å². The zero-order valence-electron chi connectivity index (χ0n) is 24.5. The van der Waals surface area contributed by atoms with Crippen molar-refractivity contribution in [2.24, 2.45) is 0 Å². The van der Waals surface area contributed by atoms with Gasteiger partial charge >= 0.3 is 0 Å². The van der Waals surface area contributed by atoms with Gasteiger partial charge in [-0.05, 0) is 80.9 Å². The molecule has 2 heteroatoms. The van der Waals surface area contributed by atoms with Gasteiger partial charge in [-0.25, -0.2) is 0 Å². The number of rotatable bonds is 4. The van der Waals surface area contributed by atoms with Crippen molar-refractivity contribution in [3.8, 4) is 27.9 Å². The Bertz CT molecular complexity index is 2340. The molecule has 9 rings (SSSR count). The van der Waals surface area contributed by atoms with Crippen molar-refractivity contribution >= 4 is 33.4 Å². The maximum atomic E-state index is 7.44. The Morgan fingerprint density at radius 2 is 1.04 bits per heavy atom. The zero-order chi connectivity index (χ0) is 30.0. The van der Waals surface area contributed by atoms with E-state index in [4.69, 9.17) is 11.6 Å². The van der Waals surface area contributed by atoms with E-state index < -0.39 is 5.41 Å². The molecule has 0 N–H and O–H groups in total. The predicted molar refractivity (Wildman–Crippen MR) is 189 cm³/mol. The van der Waals surface area contributed by atoms with E-state index in [1.807, 2.05) is 0 Å². The second-order valence-corrected chi connectivity index (χ2v) is 12.2. The molecule has 8 aromatic rings. The monoisotopic (exact) mass is 593 g/mol. The standard InChI is InChI=1S/C43H28ClN/c44-39-27-32(28-41-42(39)36-22-9-12-25-40(36)45(41)33-18-5-2-6-19-33)43(31-17-13-16-30(26-31)29-14-3-1-4-15-29)37-23-10-7-20-34(37)35-21-8-11-24-38(35)43/h1-28H. The second-order valence-electron chi connectivity index (χ2n) is 11.8. The molecule has 0 saturated carbocycles. The highest BCUT2D eigenvalue weighted by Gasteiger charge is 2.46. The van der Waals surface area contributed by atoms with E-state index in [0.29, 0.717) is 0 Å². The van der Waals surface area contributed by atoms with Crippen LogP contribution in [0, 0.1) is 0 Å². The van der Waals surface area contributed by atoms with E-state index in [1.165, 1.54) is 38.9 Å². The SMILES string of the molecule is Clc1cc(C2(c3cccc(-c4ccccc4)c3)c3ccccc3-c3ccccc32)cc2c1c1ccccc1n2-c1ccccc1. The van der Waals surface area contributed by atoms with Gasteiger partial charge in [-0.2, -0.15) is 0 Å². The third-order valence-corrected chi connectivity index (χ3v) is 9.83. The fraction of sp³-hybridized carbons (Fsp3) is 0.0233. The Hall–Kier alpha value is -5.37. The number of aromatic nitrogens is 1. The van der Waals surface area contributed by atoms with Crippen LogP contribution in [0.2, 0.25) is 5.02 Å². The lowest BCUT2D eigenvalue weighted by Crippen LogP contribution is -2.28.